The van der Waals surface area contributed by atoms with Crippen LogP contribution in [0.4, 0.5) is 0 Å². The second kappa shape index (κ2) is 7.07. The lowest BCUT2D eigenvalue weighted by molar-refractivity contribution is 0.633. The third kappa shape index (κ3) is 2.69. The lowest BCUT2D eigenvalue weighted by Crippen LogP contribution is -2.11. The molecule has 5 aromatic carbocycles. The van der Waals surface area contributed by atoms with E-state index >= 15 is 0 Å². The number of rotatable bonds is 0. The normalized spacial score (nSPS) is 17.8. The minimum Gasteiger partial charge on any atom is -0.0764 e. The van der Waals surface area contributed by atoms with Gasteiger partial charge in [-0.05, 0) is 91.9 Å². The average Bonchev–Trinajstić information content (AvgIpc) is 2.87. The van der Waals surface area contributed by atoms with Crippen LogP contribution < -0.4 is 5.22 Å². The highest BCUT2D eigenvalue weighted by molar-refractivity contribution is 6.11. The van der Waals surface area contributed by atoms with E-state index in [9.17, 15) is 0 Å². The maximum absolute atomic E-state index is 2.40. The summed E-state index contributed by atoms with van der Waals surface area (Å²) in [5.41, 5.74) is 6.14. The summed E-state index contributed by atoms with van der Waals surface area (Å²) in [7, 11) is 0. The van der Waals surface area contributed by atoms with Crippen LogP contribution in [0.5, 0.6) is 0 Å². The maximum Gasteiger partial charge on any atom is 0.00305 e. The van der Waals surface area contributed by atoms with Crippen LogP contribution in [0, 0.1) is 0 Å². The number of hydrogen-bond acceptors (Lipinski definition) is 0. The van der Waals surface area contributed by atoms with Crippen molar-refractivity contribution in [1.82, 2.24) is 0 Å². The van der Waals surface area contributed by atoms with Crippen LogP contribution >= 0.6 is 0 Å². The Morgan fingerprint density at radius 1 is 0.625 bits per heavy atom. The average molecular weight is 411 g/mol. The molecule has 0 amide bonds. The van der Waals surface area contributed by atoms with Gasteiger partial charge in [-0.25, -0.2) is 0 Å². The molecule has 0 spiro atoms. The summed E-state index contributed by atoms with van der Waals surface area (Å²) >= 11 is 0. The van der Waals surface area contributed by atoms with E-state index in [0.717, 1.165) is 0 Å². The predicted octanol–water partition coefficient (Wildman–Crippen LogP) is 7.73. The lowest BCUT2D eigenvalue weighted by atomic mass is 9.76. The summed E-state index contributed by atoms with van der Waals surface area (Å²) in [5, 5.41) is 10.0. The molecule has 0 saturated carbocycles. The first-order valence-electron chi connectivity index (χ1n) is 12.0. The minimum atomic E-state index is 0.683. The van der Waals surface area contributed by atoms with Crippen molar-refractivity contribution >= 4 is 44.5 Å². The molecule has 0 aromatic heterocycles. The van der Waals surface area contributed by atoms with Crippen molar-refractivity contribution < 1.29 is 0 Å². The molecule has 0 radical (unpaired) electrons. The molecular weight excluding hydrogens is 384 g/mol. The highest BCUT2D eigenvalue weighted by atomic mass is 14.3. The van der Waals surface area contributed by atoms with Gasteiger partial charge in [-0.1, -0.05) is 91.0 Å². The van der Waals surface area contributed by atoms with Gasteiger partial charge < -0.3 is 0 Å². The van der Waals surface area contributed by atoms with Gasteiger partial charge >= 0.3 is 0 Å². The fourth-order valence-corrected chi connectivity index (χ4v) is 6.27. The SMILES string of the molecule is C1=CC2CCCc3ccc4cccc1c4c32.C1=c2ccc3cccc4ccc(c2c43)CC1. The Hall–Kier alpha value is -3.38. The van der Waals surface area contributed by atoms with Gasteiger partial charge in [-0.2, -0.15) is 0 Å². The standard InChI is InChI=1S/C16H14.C16H12/c2*1-3-11-7-9-13-5-2-6-14-10-8-12(4-1)15(11)16(13)14/h1,3-4,7-10,13H,2,5-6H2;1,3-5,7-10H,2,6H2. The van der Waals surface area contributed by atoms with Crippen molar-refractivity contribution in [2.45, 2.75) is 38.0 Å². The lowest BCUT2D eigenvalue weighted by Gasteiger charge is -2.28. The van der Waals surface area contributed by atoms with Crippen molar-refractivity contribution in [3.05, 3.63) is 106 Å². The summed E-state index contributed by atoms with van der Waals surface area (Å²) < 4.78 is 0. The zero-order chi connectivity index (χ0) is 21.1. The summed E-state index contributed by atoms with van der Waals surface area (Å²) in [5.74, 6) is 0.683. The largest absolute Gasteiger partial charge is 0.0764 e. The van der Waals surface area contributed by atoms with Crippen LogP contribution in [0.15, 0.2) is 78.9 Å². The molecule has 0 heteroatoms. The minimum absolute atomic E-state index is 0.683. The van der Waals surface area contributed by atoms with Crippen molar-refractivity contribution in [1.29, 1.82) is 0 Å². The molecule has 0 bridgehead atoms. The van der Waals surface area contributed by atoms with E-state index in [4.69, 9.17) is 0 Å². The van der Waals surface area contributed by atoms with Gasteiger partial charge in [0.1, 0.15) is 0 Å². The Kier molecular flexibility index (Phi) is 4.02. The molecule has 0 nitrogen and oxygen atoms in total. The van der Waals surface area contributed by atoms with Crippen LogP contribution in [0.3, 0.4) is 0 Å². The molecule has 0 N–H and O–H groups in total. The molecular formula is C32H26. The van der Waals surface area contributed by atoms with Crippen LogP contribution in [0.25, 0.3) is 44.5 Å². The summed E-state index contributed by atoms with van der Waals surface area (Å²) in [6.07, 6.45) is 13.4. The highest BCUT2D eigenvalue weighted by Crippen LogP contribution is 2.42. The smallest absolute Gasteiger partial charge is 0.00305 e. The van der Waals surface area contributed by atoms with Crippen molar-refractivity contribution in [2.24, 2.45) is 0 Å². The van der Waals surface area contributed by atoms with E-state index in [1.54, 1.807) is 11.1 Å². The molecule has 0 heterocycles. The number of benzene rings is 5. The van der Waals surface area contributed by atoms with Gasteiger partial charge in [-0.3, -0.25) is 0 Å². The first-order valence-corrected chi connectivity index (χ1v) is 12.0. The zero-order valence-electron chi connectivity index (χ0n) is 18.3. The van der Waals surface area contributed by atoms with Gasteiger partial charge in [0.2, 0.25) is 0 Å². The van der Waals surface area contributed by atoms with E-state index in [2.05, 4.69) is 91.0 Å². The Bertz CT molecular complexity index is 1580. The molecule has 0 fully saturated rings. The van der Waals surface area contributed by atoms with E-state index in [1.807, 2.05) is 0 Å². The molecule has 3 aliphatic rings. The first-order chi connectivity index (χ1) is 15.9. The van der Waals surface area contributed by atoms with E-state index in [0.29, 0.717) is 5.92 Å². The highest BCUT2D eigenvalue weighted by Gasteiger charge is 2.23. The second-order valence-corrected chi connectivity index (χ2v) is 9.52. The Labute approximate surface area is 188 Å². The van der Waals surface area contributed by atoms with Crippen LogP contribution in [0.1, 0.15) is 47.4 Å². The number of aryl methyl sites for hydroxylation is 2. The Balaban J connectivity index is 0.000000113. The predicted molar refractivity (Wildman–Crippen MR) is 138 cm³/mol. The van der Waals surface area contributed by atoms with Crippen molar-refractivity contribution in [3.8, 4) is 0 Å². The topological polar surface area (TPSA) is 0 Å². The van der Waals surface area contributed by atoms with Crippen molar-refractivity contribution in [3.63, 3.8) is 0 Å². The quantitative estimate of drug-likeness (QED) is 0.245. The van der Waals surface area contributed by atoms with Gasteiger partial charge in [0.05, 0.1) is 0 Å². The van der Waals surface area contributed by atoms with E-state index in [-0.39, 0.29) is 0 Å². The number of allylic oxidation sites excluding steroid dienone is 1. The number of hydrogen-bond donors (Lipinski definition) is 0. The van der Waals surface area contributed by atoms with Crippen LogP contribution in [0.2, 0.25) is 0 Å². The molecule has 0 saturated heterocycles. The second-order valence-electron chi connectivity index (χ2n) is 9.52. The summed E-state index contributed by atoms with van der Waals surface area (Å²) in [6, 6.07) is 26.9. The molecule has 154 valence electrons. The molecule has 1 atom stereocenters. The fraction of sp³-hybridized carbons (Fsp3) is 0.188. The van der Waals surface area contributed by atoms with Gasteiger partial charge in [0, 0.05) is 5.92 Å². The fourth-order valence-electron chi connectivity index (χ4n) is 6.27. The molecule has 3 aliphatic carbocycles. The molecule has 1 unspecified atom stereocenters. The van der Waals surface area contributed by atoms with Crippen molar-refractivity contribution in [2.75, 3.05) is 0 Å². The molecule has 5 aromatic rings. The van der Waals surface area contributed by atoms with Crippen LogP contribution in [-0.4, -0.2) is 0 Å². The van der Waals surface area contributed by atoms with Crippen LogP contribution in [-0.2, 0) is 12.8 Å². The molecule has 8 rings (SSSR count). The molecule has 0 aliphatic heterocycles. The molecule has 32 heavy (non-hydrogen) atoms. The third-order valence-electron chi connectivity index (χ3n) is 7.72. The third-order valence-corrected chi connectivity index (χ3v) is 7.72. The summed E-state index contributed by atoms with van der Waals surface area (Å²) in [4.78, 5) is 0. The van der Waals surface area contributed by atoms with Gasteiger partial charge in [0.25, 0.3) is 0 Å². The first kappa shape index (κ1) is 18.2. The Morgan fingerprint density at radius 2 is 1.38 bits per heavy atom. The van der Waals surface area contributed by atoms with Gasteiger partial charge in [0.15, 0.2) is 0 Å². The van der Waals surface area contributed by atoms with E-state index in [1.165, 1.54) is 80.8 Å². The monoisotopic (exact) mass is 410 g/mol. The van der Waals surface area contributed by atoms with Gasteiger partial charge in [-0.15, -0.1) is 0 Å². The van der Waals surface area contributed by atoms with E-state index < -0.39 is 0 Å². The summed E-state index contributed by atoms with van der Waals surface area (Å²) in [6.45, 7) is 0. The Morgan fingerprint density at radius 3 is 2.25 bits per heavy atom. The zero-order valence-corrected chi connectivity index (χ0v) is 18.3. The maximum atomic E-state index is 2.40.